The normalized spacial score (nSPS) is 10.7. The lowest BCUT2D eigenvalue weighted by molar-refractivity contribution is 0.0697. The first-order chi connectivity index (χ1) is 7.20. The van der Waals surface area contributed by atoms with E-state index in [-0.39, 0.29) is 12.2 Å². The van der Waals surface area contributed by atoms with Crippen molar-refractivity contribution in [3.63, 3.8) is 0 Å². The number of imidazole rings is 1. The lowest BCUT2D eigenvalue weighted by Crippen LogP contribution is -1.97. The molecule has 5 heteroatoms. The number of aromatic carboxylic acids is 1. The third-order valence-corrected chi connectivity index (χ3v) is 2.12. The summed E-state index contributed by atoms with van der Waals surface area (Å²) >= 11 is 0. The molecule has 2 heterocycles. The molecule has 0 fully saturated rings. The van der Waals surface area contributed by atoms with Crippen molar-refractivity contribution in [2.75, 3.05) is 6.61 Å². The van der Waals surface area contributed by atoms with Crippen molar-refractivity contribution in [2.24, 2.45) is 0 Å². The quantitative estimate of drug-likeness (QED) is 0.769. The zero-order valence-corrected chi connectivity index (χ0v) is 7.92. The summed E-state index contributed by atoms with van der Waals surface area (Å²) in [5.74, 6) is -0.968. The fourth-order valence-corrected chi connectivity index (χ4v) is 1.40. The third kappa shape index (κ3) is 1.82. The lowest BCUT2D eigenvalue weighted by atomic mass is 10.3. The summed E-state index contributed by atoms with van der Waals surface area (Å²) in [6, 6.07) is 3.02. The molecule has 2 aromatic heterocycles. The molecule has 0 bridgehead atoms. The van der Waals surface area contributed by atoms with Crippen LogP contribution in [0.3, 0.4) is 0 Å². The number of carbonyl (C=O) groups is 1. The van der Waals surface area contributed by atoms with Crippen LogP contribution in [-0.2, 0) is 6.42 Å². The Hall–Kier alpha value is -1.88. The van der Waals surface area contributed by atoms with Gasteiger partial charge in [0.2, 0.25) is 0 Å². The number of hydrogen-bond acceptors (Lipinski definition) is 3. The van der Waals surface area contributed by atoms with Crippen molar-refractivity contribution in [1.29, 1.82) is 0 Å². The van der Waals surface area contributed by atoms with Gasteiger partial charge in [-0.3, -0.25) is 0 Å². The fourth-order valence-electron chi connectivity index (χ4n) is 1.40. The van der Waals surface area contributed by atoms with E-state index in [9.17, 15) is 4.79 Å². The van der Waals surface area contributed by atoms with E-state index in [2.05, 4.69) is 4.98 Å². The van der Waals surface area contributed by atoms with Crippen LogP contribution < -0.4 is 0 Å². The number of aliphatic hydroxyl groups excluding tert-OH is 1. The minimum Gasteiger partial charge on any atom is -0.478 e. The molecule has 0 aliphatic heterocycles. The molecule has 0 aromatic carbocycles. The van der Waals surface area contributed by atoms with Crippen molar-refractivity contribution in [3.05, 3.63) is 35.8 Å². The number of hydrogen-bond donors (Lipinski definition) is 2. The van der Waals surface area contributed by atoms with Crippen molar-refractivity contribution >= 4 is 11.6 Å². The second-order valence-electron chi connectivity index (χ2n) is 3.19. The number of fused-ring (bicyclic) bond motifs is 1. The van der Waals surface area contributed by atoms with Gasteiger partial charge < -0.3 is 14.6 Å². The van der Waals surface area contributed by atoms with Crippen LogP contribution >= 0.6 is 0 Å². The maximum atomic E-state index is 10.7. The molecule has 0 spiro atoms. The van der Waals surface area contributed by atoms with Crippen LogP contribution in [0, 0.1) is 0 Å². The highest BCUT2D eigenvalue weighted by atomic mass is 16.4. The molecule has 15 heavy (non-hydrogen) atoms. The van der Waals surface area contributed by atoms with Crippen LogP contribution in [0.2, 0.25) is 0 Å². The summed E-state index contributed by atoms with van der Waals surface area (Å²) in [5, 5.41) is 17.5. The average Bonchev–Trinajstić information content (AvgIpc) is 2.59. The molecule has 78 valence electrons. The summed E-state index contributed by atoms with van der Waals surface area (Å²) in [6.07, 6.45) is 3.90. The van der Waals surface area contributed by atoms with E-state index in [1.54, 1.807) is 16.8 Å². The number of aromatic nitrogens is 2. The molecule has 2 N–H and O–H groups in total. The maximum Gasteiger partial charge on any atom is 0.335 e. The van der Waals surface area contributed by atoms with Gasteiger partial charge in [-0.2, -0.15) is 0 Å². The van der Waals surface area contributed by atoms with Gasteiger partial charge in [-0.15, -0.1) is 0 Å². The second-order valence-corrected chi connectivity index (χ2v) is 3.19. The van der Waals surface area contributed by atoms with Gasteiger partial charge in [0, 0.05) is 25.4 Å². The van der Waals surface area contributed by atoms with Gasteiger partial charge >= 0.3 is 5.97 Å². The zero-order valence-electron chi connectivity index (χ0n) is 7.92. The Kier molecular flexibility index (Phi) is 2.39. The first-order valence-electron chi connectivity index (χ1n) is 4.52. The monoisotopic (exact) mass is 206 g/mol. The van der Waals surface area contributed by atoms with Crippen LogP contribution in [0.25, 0.3) is 5.65 Å². The lowest BCUT2D eigenvalue weighted by Gasteiger charge is -1.94. The Balaban J connectivity index is 2.47. The predicted molar refractivity (Wildman–Crippen MR) is 52.9 cm³/mol. The SMILES string of the molecule is O=C(O)c1ccn2cc(CCO)nc2c1. The summed E-state index contributed by atoms with van der Waals surface area (Å²) < 4.78 is 1.73. The maximum absolute atomic E-state index is 10.7. The molecule has 0 aliphatic rings. The number of carboxylic acid groups (broad SMARTS) is 1. The molecule has 0 radical (unpaired) electrons. The minimum absolute atomic E-state index is 0.0374. The van der Waals surface area contributed by atoms with E-state index in [0.29, 0.717) is 12.1 Å². The Morgan fingerprint density at radius 3 is 3.00 bits per heavy atom. The smallest absolute Gasteiger partial charge is 0.335 e. The second kappa shape index (κ2) is 3.70. The van der Waals surface area contributed by atoms with Crippen LogP contribution in [0.15, 0.2) is 24.5 Å². The van der Waals surface area contributed by atoms with E-state index in [0.717, 1.165) is 5.69 Å². The molecule has 0 atom stereocenters. The number of rotatable bonds is 3. The Labute approximate surface area is 85.6 Å². The van der Waals surface area contributed by atoms with E-state index in [1.165, 1.54) is 12.1 Å². The number of aliphatic hydroxyl groups is 1. The Morgan fingerprint density at radius 2 is 2.33 bits per heavy atom. The first-order valence-corrected chi connectivity index (χ1v) is 4.52. The molecule has 0 saturated heterocycles. The van der Waals surface area contributed by atoms with Crippen LogP contribution in [0.5, 0.6) is 0 Å². The van der Waals surface area contributed by atoms with Crippen molar-refractivity contribution in [1.82, 2.24) is 9.38 Å². The largest absolute Gasteiger partial charge is 0.478 e. The van der Waals surface area contributed by atoms with E-state index in [4.69, 9.17) is 10.2 Å². The predicted octanol–water partition coefficient (Wildman–Crippen LogP) is 0.567. The first kappa shape index (κ1) is 9.67. The highest BCUT2D eigenvalue weighted by Crippen LogP contribution is 2.08. The molecule has 0 unspecified atom stereocenters. The van der Waals surface area contributed by atoms with Crippen LogP contribution in [0.4, 0.5) is 0 Å². The van der Waals surface area contributed by atoms with Crippen molar-refractivity contribution < 1.29 is 15.0 Å². The summed E-state index contributed by atoms with van der Waals surface area (Å²) in [7, 11) is 0. The van der Waals surface area contributed by atoms with Gasteiger partial charge in [0.15, 0.2) is 0 Å². The molecule has 2 rings (SSSR count). The van der Waals surface area contributed by atoms with Crippen molar-refractivity contribution in [3.8, 4) is 0 Å². The molecular formula is C10H10N2O3. The van der Waals surface area contributed by atoms with Gasteiger partial charge in [0.1, 0.15) is 5.65 Å². The number of nitrogens with zero attached hydrogens (tertiary/aromatic N) is 2. The summed E-state index contributed by atoms with van der Waals surface area (Å²) in [5.41, 5.74) is 1.54. The summed E-state index contributed by atoms with van der Waals surface area (Å²) in [4.78, 5) is 14.9. The van der Waals surface area contributed by atoms with Crippen LogP contribution in [0.1, 0.15) is 16.1 Å². The molecule has 0 amide bonds. The van der Waals surface area contributed by atoms with E-state index in [1.807, 2.05) is 0 Å². The van der Waals surface area contributed by atoms with Crippen molar-refractivity contribution in [2.45, 2.75) is 6.42 Å². The molecule has 0 aliphatic carbocycles. The third-order valence-electron chi connectivity index (χ3n) is 2.12. The highest BCUT2D eigenvalue weighted by molar-refractivity contribution is 5.88. The van der Waals surface area contributed by atoms with Gasteiger partial charge in [-0.25, -0.2) is 9.78 Å². The Morgan fingerprint density at radius 1 is 1.53 bits per heavy atom. The van der Waals surface area contributed by atoms with Gasteiger partial charge in [-0.05, 0) is 12.1 Å². The molecule has 5 nitrogen and oxygen atoms in total. The molecule has 2 aromatic rings. The van der Waals surface area contributed by atoms with Gasteiger partial charge in [0.25, 0.3) is 0 Å². The minimum atomic E-state index is -0.968. The van der Waals surface area contributed by atoms with E-state index >= 15 is 0 Å². The molecule has 0 saturated carbocycles. The van der Waals surface area contributed by atoms with Gasteiger partial charge in [-0.1, -0.05) is 0 Å². The zero-order chi connectivity index (χ0) is 10.8. The van der Waals surface area contributed by atoms with E-state index < -0.39 is 5.97 Å². The average molecular weight is 206 g/mol. The Bertz CT molecular complexity index is 504. The topological polar surface area (TPSA) is 74.8 Å². The standard InChI is InChI=1S/C10H10N2O3/c13-4-2-8-6-12-3-1-7(10(14)15)5-9(12)11-8/h1,3,5-6,13H,2,4H2,(H,14,15). The number of pyridine rings is 1. The molecular weight excluding hydrogens is 196 g/mol. The highest BCUT2D eigenvalue weighted by Gasteiger charge is 2.06. The number of carboxylic acids is 1. The summed E-state index contributed by atoms with van der Waals surface area (Å²) in [6.45, 7) is 0.0374. The van der Waals surface area contributed by atoms with Gasteiger partial charge in [0.05, 0.1) is 11.3 Å². The van der Waals surface area contributed by atoms with Crippen LogP contribution in [-0.4, -0.2) is 32.2 Å². The fraction of sp³-hybridized carbons (Fsp3) is 0.200.